The van der Waals surface area contributed by atoms with E-state index in [1.807, 2.05) is 0 Å². The summed E-state index contributed by atoms with van der Waals surface area (Å²) in [6, 6.07) is 7.60. The van der Waals surface area contributed by atoms with Crippen LogP contribution in [0.25, 0.3) is 5.69 Å². The van der Waals surface area contributed by atoms with Crippen LogP contribution in [0.1, 0.15) is 30.0 Å². The molecule has 1 heterocycles. The highest BCUT2D eigenvalue weighted by Gasteiger charge is 2.53. The number of halogens is 6. The number of hydrogen-bond acceptors (Lipinski definition) is 1. The number of para-hydroxylation sites is 1. The summed E-state index contributed by atoms with van der Waals surface area (Å²) in [6.45, 7) is 0. The molecular formula is C14H10F6N2. The molecule has 2 aromatic rings. The Morgan fingerprint density at radius 1 is 1.18 bits per heavy atom. The number of benzene rings is 1. The van der Waals surface area contributed by atoms with Gasteiger partial charge in [0, 0.05) is 12.3 Å². The summed E-state index contributed by atoms with van der Waals surface area (Å²) < 4.78 is 80.2. The average Bonchev–Trinajstić information content (AvgIpc) is 2.86. The molecule has 0 bridgehead atoms. The van der Waals surface area contributed by atoms with Gasteiger partial charge < -0.3 is 0 Å². The SMILES string of the molecule is Fc1c2c(nn1-c1ccccc1)C(CC(F)(F)F)CC2(F)F. The van der Waals surface area contributed by atoms with E-state index in [9.17, 15) is 26.3 Å². The first-order chi connectivity index (χ1) is 10.2. The van der Waals surface area contributed by atoms with Gasteiger partial charge in [-0.3, -0.25) is 0 Å². The number of fused-ring (bicyclic) bond motifs is 1. The molecule has 1 aromatic carbocycles. The van der Waals surface area contributed by atoms with Crippen LogP contribution >= 0.6 is 0 Å². The van der Waals surface area contributed by atoms with E-state index in [0.29, 0.717) is 4.68 Å². The topological polar surface area (TPSA) is 17.8 Å². The van der Waals surface area contributed by atoms with E-state index in [1.54, 1.807) is 18.2 Å². The van der Waals surface area contributed by atoms with Crippen molar-refractivity contribution in [2.45, 2.75) is 30.9 Å². The van der Waals surface area contributed by atoms with Gasteiger partial charge in [-0.15, -0.1) is 0 Å². The Labute approximate surface area is 121 Å². The van der Waals surface area contributed by atoms with Crippen molar-refractivity contribution in [2.24, 2.45) is 0 Å². The minimum atomic E-state index is -4.62. The monoisotopic (exact) mass is 320 g/mol. The van der Waals surface area contributed by atoms with Crippen molar-refractivity contribution in [3.63, 3.8) is 0 Å². The van der Waals surface area contributed by atoms with Crippen molar-refractivity contribution >= 4 is 0 Å². The largest absolute Gasteiger partial charge is 0.389 e. The van der Waals surface area contributed by atoms with Gasteiger partial charge in [-0.1, -0.05) is 18.2 Å². The lowest BCUT2D eigenvalue weighted by molar-refractivity contribution is -0.141. The Kier molecular flexibility index (Phi) is 3.23. The molecular weight excluding hydrogens is 310 g/mol. The fourth-order valence-electron chi connectivity index (χ4n) is 2.73. The number of rotatable bonds is 2. The standard InChI is InChI=1S/C14H10F6N2/c15-12-10-11(21-22(12)9-4-2-1-3-5-9)8(6-13(10,16)17)7-14(18,19)20/h1-5,8H,6-7H2. The molecule has 0 aliphatic heterocycles. The number of nitrogens with zero attached hydrogens (tertiary/aromatic N) is 2. The van der Waals surface area contributed by atoms with Crippen LogP contribution in [0.15, 0.2) is 30.3 Å². The quantitative estimate of drug-likeness (QED) is 0.743. The molecule has 2 nitrogen and oxygen atoms in total. The van der Waals surface area contributed by atoms with Gasteiger partial charge in [-0.25, -0.2) is 13.5 Å². The molecule has 0 amide bonds. The number of hydrogen-bond donors (Lipinski definition) is 0. The molecule has 1 atom stereocenters. The van der Waals surface area contributed by atoms with Gasteiger partial charge in [0.1, 0.15) is 0 Å². The van der Waals surface area contributed by atoms with Gasteiger partial charge in [0.15, 0.2) is 0 Å². The van der Waals surface area contributed by atoms with Crippen molar-refractivity contribution in [1.82, 2.24) is 9.78 Å². The van der Waals surface area contributed by atoms with Gasteiger partial charge >= 0.3 is 6.18 Å². The van der Waals surface area contributed by atoms with Crippen LogP contribution in [-0.2, 0) is 5.92 Å². The van der Waals surface area contributed by atoms with Crippen LogP contribution in [0.3, 0.4) is 0 Å². The highest BCUT2D eigenvalue weighted by atomic mass is 19.4. The highest BCUT2D eigenvalue weighted by molar-refractivity contribution is 5.39. The maximum absolute atomic E-state index is 14.3. The lowest BCUT2D eigenvalue weighted by atomic mass is 10.0. The van der Waals surface area contributed by atoms with E-state index in [0.717, 1.165) is 0 Å². The Morgan fingerprint density at radius 2 is 1.82 bits per heavy atom. The van der Waals surface area contributed by atoms with Crippen LogP contribution in [0.2, 0.25) is 0 Å². The molecule has 0 spiro atoms. The van der Waals surface area contributed by atoms with Crippen molar-refractivity contribution in [3.8, 4) is 5.69 Å². The second-order valence-electron chi connectivity index (χ2n) is 5.22. The van der Waals surface area contributed by atoms with E-state index in [2.05, 4.69) is 5.10 Å². The van der Waals surface area contributed by atoms with Crippen molar-refractivity contribution in [3.05, 3.63) is 47.5 Å². The lowest BCUT2D eigenvalue weighted by Gasteiger charge is -2.14. The van der Waals surface area contributed by atoms with E-state index in [-0.39, 0.29) is 5.69 Å². The molecule has 8 heteroatoms. The van der Waals surface area contributed by atoms with Crippen molar-refractivity contribution in [2.75, 3.05) is 0 Å². The molecule has 0 saturated carbocycles. The highest BCUT2D eigenvalue weighted by Crippen LogP contribution is 2.52. The van der Waals surface area contributed by atoms with Gasteiger partial charge in [0.2, 0.25) is 5.95 Å². The maximum atomic E-state index is 14.3. The predicted molar refractivity (Wildman–Crippen MR) is 65.4 cm³/mol. The summed E-state index contributed by atoms with van der Waals surface area (Å²) in [4.78, 5) is 0. The number of alkyl halides is 5. The zero-order valence-corrected chi connectivity index (χ0v) is 11.0. The maximum Gasteiger partial charge on any atom is 0.389 e. The summed E-state index contributed by atoms with van der Waals surface area (Å²) in [7, 11) is 0. The van der Waals surface area contributed by atoms with Gasteiger partial charge in [0.25, 0.3) is 5.92 Å². The van der Waals surface area contributed by atoms with E-state index < -0.39 is 48.1 Å². The van der Waals surface area contributed by atoms with Crippen LogP contribution in [0.4, 0.5) is 26.3 Å². The third-order valence-electron chi connectivity index (χ3n) is 3.59. The first-order valence-corrected chi connectivity index (χ1v) is 6.48. The van der Waals surface area contributed by atoms with E-state index >= 15 is 0 Å². The summed E-state index contributed by atoms with van der Waals surface area (Å²) in [5.74, 6) is -6.50. The molecule has 0 saturated heterocycles. The van der Waals surface area contributed by atoms with E-state index in [4.69, 9.17) is 0 Å². The Hall–Kier alpha value is -1.99. The molecule has 1 unspecified atom stereocenters. The molecule has 0 N–H and O–H groups in total. The van der Waals surface area contributed by atoms with Crippen LogP contribution in [0, 0.1) is 5.95 Å². The fourth-order valence-corrected chi connectivity index (χ4v) is 2.73. The Morgan fingerprint density at radius 3 is 2.41 bits per heavy atom. The molecule has 22 heavy (non-hydrogen) atoms. The first kappa shape index (κ1) is 14.9. The minimum Gasteiger partial charge on any atom is -0.206 e. The predicted octanol–water partition coefficient (Wildman–Crippen LogP) is 4.54. The third kappa shape index (κ3) is 2.46. The Bertz CT molecular complexity index is 689. The van der Waals surface area contributed by atoms with E-state index in [1.165, 1.54) is 12.1 Å². The average molecular weight is 320 g/mol. The van der Waals surface area contributed by atoms with Gasteiger partial charge in [-0.2, -0.15) is 22.7 Å². The zero-order valence-electron chi connectivity index (χ0n) is 11.0. The summed E-state index contributed by atoms with van der Waals surface area (Å²) in [6.07, 6.45) is -7.13. The van der Waals surface area contributed by atoms with Crippen molar-refractivity contribution < 1.29 is 26.3 Å². The van der Waals surface area contributed by atoms with Crippen LogP contribution in [0.5, 0.6) is 0 Å². The molecule has 118 valence electrons. The second kappa shape index (κ2) is 4.76. The van der Waals surface area contributed by atoms with Crippen molar-refractivity contribution in [1.29, 1.82) is 0 Å². The summed E-state index contributed by atoms with van der Waals surface area (Å²) in [5.41, 5.74) is -1.36. The molecule has 1 aliphatic rings. The van der Waals surface area contributed by atoms with Gasteiger partial charge in [-0.05, 0) is 12.1 Å². The molecule has 1 aromatic heterocycles. The summed E-state index contributed by atoms with van der Waals surface area (Å²) in [5, 5.41) is 3.68. The normalized spacial score (nSPS) is 20.2. The molecule has 0 fully saturated rings. The second-order valence-corrected chi connectivity index (χ2v) is 5.22. The molecule has 0 radical (unpaired) electrons. The van der Waals surface area contributed by atoms with Gasteiger partial charge in [0.05, 0.1) is 23.4 Å². The minimum absolute atomic E-state index is 0.177. The summed E-state index contributed by atoms with van der Waals surface area (Å²) >= 11 is 0. The lowest BCUT2D eigenvalue weighted by Crippen LogP contribution is -2.16. The fraction of sp³-hybridized carbons (Fsp3) is 0.357. The molecule has 3 rings (SSSR count). The zero-order chi connectivity index (χ0) is 16.1. The smallest absolute Gasteiger partial charge is 0.206 e. The van der Waals surface area contributed by atoms with Crippen LogP contribution in [-0.4, -0.2) is 16.0 Å². The Balaban J connectivity index is 2.09. The third-order valence-corrected chi connectivity index (χ3v) is 3.59. The molecule has 1 aliphatic carbocycles. The number of aromatic nitrogens is 2. The first-order valence-electron chi connectivity index (χ1n) is 6.48. The van der Waals surface area contributed by atoms with Crippen LogP contribution < -0.4 is 0 Å².